The number of hydrogen-bond acceptors (Lipinski definition) is 4. The molecule has 3 N–H and O–H groups in total. The van der Waals surface area contributed by atoms with Gasteiger partial charge >= 0.3 is 0 Å². The maximum Gasteiger partial charge on any atom is 0.269 e. The van der Waals surface area contributed by atoms with E-state index in [0.717, 1.165) is 38.2 Å². The second-order valence-corrected chi connectivity index (χ2v) is 9.36. The normalized spacial score (nSPS) is 15.1. The van der Waals surface area contributed by atoms with E-state index in [-0.39, 0.29) is 17.8 Å². The molecule has 2 heterocycles. The van der Waals surface area contributed by atoms with Gasteiger partial charge in [-0.05, 0) is 42.8 Å². The molecular weight excluding hydrogens is 428 g/mol. The predicted octanol–water partition coefficient (Wildman–Crippen LogP) is 4.55. The van der Waals surface area contributed by atoms with Crippen LogP contribution in [0.3, 0.4) is 0 Å². The third kappa shape index (κ3) is 6.05. The summed E-state index contributed by atoms with van der Waals surface area (Å²) in [5, 5.41) is 12.7. The molecule has 2 aromatic carbocycles. The van der Waals surface area contributed by atoms with Crippen LogP contribution in [0, 0.1) is 12.3 Å². The zero-order valence-electron chi connectivity index (χ0n) is 19.0. The van der Waals surface area contributed by atoms with E-state index in [1.807, 2.05) is 47.2 Å². The molecule has 1 aliphatic rings. The van der Waals surface area contributed by atoms with Gasteiger partial charge < -0.3 is 0 Å². The smallest absolute Gasteiger partial charge is 0.269 e. The number of piperidine rings is 1. The summed E-state index contributed by atoms with van der Waals surface area (Å²) in [5.74, 6) is 0.178. The maximum atomic E-state index is 13.3. The number of nitrogens with two attached hydrogens (primary N) is 1. The van der Waals surface area contributed by atoms with Crippen LogP contribution in [0.25, 0.3) is 0 Å². The van der Waals surface area contributed by atoms with Gasteiger partial charge in [0.2, 0.25) is 0 Å². The average Bonchev–Trinajstić information content (AvgIpc) is 3.37. The standard InChI is InChI=1S/C27H30N4OS/c1-21-8-5-6-11-24(21)29-16-13-26(28)31(27(32)25-12-7-19-33-25)23-14-17-30(18-15-23)20-22-9-3-2-4-10-22/h2-13,16,19,23,28-29H,14-15,17-18,20H2,1H3/p+1/b16-13-,28-26?. The van der Waals surface area contributed by atoms with Gasteiger partial charge in [-0.3, -0.25) is 25.3 Å². The first kappa shape index (κ1) is 23.1. The van der Waals surface area contributed by atoms with Crippen molar-refractivity contribution in [3.63, 3.8) is 0 Å². The highest BCUT2D eigenvalue weighted by molar-refractivity contribution is 7.12. The number of para-hydroxylation sites is 1. The summed E-state index contributed by atoms with van der Waals surface area (Å²) in [5.41, 5.74) is 3.61. The van der Waals surface area contributed by atoms with Gasteiger partial charge in [-0.1, -0.05) is 54.6 Å². The number of carbonyl (C=O) groups is 1. The summed E-state index contributed by atoms with van der Waals surface area (Å²) in [6, 6.07) is 22.4. The van der Waals surface area contributed by atoms with Crippen molar-refractivity contribution in [3.05, 3.63) is 100 Å². The largest absolute Gasteiger partial charge is 0.299 e. The van der Waals surface area contributed by atoms with Crippen LogP contribution in [0.2, 0.25) is 0 Å². The number of thiophene rings is 1. The molecule has 0 spiro atoms. The lowest BCUT2D eigenvalue weighted by Gasteiger charge is -2.38. The van der Waals surface area contributed by atoms with Gasteiger partial charge in [-0.15, -0.1) is 11.3 Å². The minimum absolute atomic E-state index is 0.0298. The second-order valence-electron chi connectivity index (χ2n) is 8.41. The van der Waals surface area contributed by atoms with Crippen LogP contribution in [-0.2, 0) is 6.54 Å². The van der Waals surface area contributed by atoms with Crippen molar-refractivity contribution in [3.8, 4) is 0 Å². The minimum Gasteiger partial charge on any atom is -0.299 e. The Kier molecular flexibility index (Phi) is 7.83. The number of benzene rings is 2. The predicted molar refractivity (Wildman–Crippen MR) is 135 cm³/mol. The zero-order chi connectivity index (χ0) is 23.0. The summed E-state index contributed by atoms with van der Waals surface area (Å²) >= 11 is 1.44. The molecule has 1 aliphatic heterocycles. The summed E-state index contributed by atoms with van der Waals surface area (Å²) in [4.78, 5) is 18.2. The number of nitrogens with one attached hydrogen (secondary N) is 1. The topological polar surface area (TPSA) is 64.0 Å². The Hall–Kier alpha value is -3.06. The first-order chi connectivity index (χ1) is 16.1. The molecule has 0 bridgehead atoms. The first-order valence-electron chi connectivity index (χ1n) is 11.4. The first-order valence-corrected chi connectivity index (χ1v) is 12.3. The number of amidine groups is 1. The van der Waals surface area contributed by atoms with Crippen LogP contribution >= 0.6 is 11.3 Å². The molecule has 1 fully saturated rings. The molecule has 0 atom stereocenters. The fourth-order valence-electron chi connectivity index (χ4n) is 4.27. The average molecular weight is 460 g/mol. The Balaban J connectivity index is 1.44. The third-order valence-electron chi connectivity index (χ3n) is 6.10. The van der Waals surface area contributed by atoms with E-state index in [4.69, 9.17) is 5.41 Å². The van der Waals surface area contributed by atoms with Crippen molar-refractivity contribution in [2.24, 2.45) is 0 Å². The van der Waals surface area contributed by atoms with Crippen LogP contribution in [0.5, 0.6) is 0 Å². The van der Waals surface area contributed by atoms with E-state index in [2.05, 4.69) is 48.2 Å². The third-order valence-corrected chi connectivity index (χ3v) is 6.96. The molecule has 5 nitrogen and oxygen atoms in total. The summed E-state index contributed by atoms with van der Waals surface area (Å²) < 4.78 is 0. The molecule has 0 aliphatic carbocycles. The fourth-order valence-corrected chi connectivity index (χ4v) is 4.93. The molecule has 4 rings (SSSR count). The highest BCUT2D eigenvalue weighted by Gasteiger charge is 2.31. The van der Waals surface area contributed by atoms with Gasteiger partial charge in [0.15, 0.2) is 0 Å². The monoisotopic (exact) mass is 459 g/mol. The summed E-state index contributed by atoms with van der Waals surface area (Å²) in [6.45, 7) is 4.83. The van der Waals surface area contributed by atoms with E-state index in [0.29, 0.717) is 4.88 Å². The molecule has 0 saturated carbocycles. The molecule has 1 aromatic heterocycles. The van der Waals surface area contributed by atoms with Gasteiger partial charge in [0.25, 0.3) is 5.91 Å². The van der Waals surface area contributed by atoms with Gasteiger partial charge in [-0.2, -0.15) is 0 Å². The quantitative estimate of drug-likeness (QED) is 0.309. The Morgan fingerprint density at radius 1 is 1.09 bits per heavy atom. The Morgan fingerprint density at radius 2 is 1.82 bits per heavy atom. The van der Waals surface area contributed by atoms with Crippen LogP contribution in [0.15, 0.2) is 84.4 Å². The molecule has 170 valence electrons. The Morgan fingerprint density at radius 3 is 2.52 bits per heavy atom. The van der Waals surface area contributed by atoms with Crippen molar-refractivity contribution >= 4 is 28.8 Å². The van der Waals surface area contributed by atoms with Gasteiger partial charge in [0.1, 0.15) is 17.7 Å². The lowest BCUT2D eigenvalue weighted by molar-refractivity contribution is -0.496. The lowest BCUT2D eigenvalue weighted by atomic mass is 10.0. The number of hydrogen-bond donors (Lipinski definition) is 2. The molecule has 33 heavy (non-hydrogen) atoms. The molecule has 0 unspecified atom stereocenters. The van der Waals surface area contributed by atoms with Gasteiger partial charge in [0.05, 0.1) is 4.88 Å². The molecule has 3 aromatic rings. The molecule has 1 amide bonds. The molecule has 1 saturated heterocycles. The maximum absolute atomic E-state index is 13.3. The number of quaternary nitrogens is 1. The Labute approximate surface area is 199 Å². The van der Waals surface area contributed by atoms with E-state index in [1.165, 1.54) is 22.5 Å². The van der Waals surface area contributed by atoms with Crippen LogP contribution in [0.1, 0.15) is 33.6 Å². The Bertz CT molecular complexity index is 1090. The van der Waals surface area contributed by atoms with Crippen LogP contribution < -0.4 is 5.32 Å². The number of likely N-dealkylation sites (tertiary alicyclic amines) is 1. The highest BCUT2D eigenvalue weighted by atomic mass is 32.1. The number of rotatable bonds is 7. The fraction of sp³-hybridized carbons (Fsp3) is 0.259. The summed E-state index contributed by atoms with van der Waals surface area (Å²) in [6.07, 6.45) is 5.35. The van der Waals surface area contributed by atoms with E-state index >= 15 is 0 Å². The highest BCUT2D eigenvalue weighted by Crippen LogP contribution is 2.23. The second kappa shape index (κ2) is 11.2. The van der Waals surface area contributed by atoms with Gasteiger partial charge in [0, 0.05) is 37.3 Å². The van der Waals surface area contributed by atoms with Crippen molar-refractivity contribution < 1.29 is 10.1 Å². The molecule has 6 heteroatoms. The zero-order valence-corrected chi connectivity index (χ0v) is 19.8. The summed E-state index contributed by atoms with van der Waals surface area (Å²) in [7, 11) is 0. The lowest BCUT2D eigenvalue weighted by Crippen LogP contribution is -2.71. The number of amides is 1. The van der Waals surface area contributed by atoms with E-state index in [9.17, 15) is 4.79 Å². The number of carbonyl (C=O) groups excluding carboxylic acids is 1. The van der Waals surface area contributed by atoms with Crippen molar-refractivity contribution in [2.75, 3.05) is 13.1 Å². The van der Waals surface area contributed by atoms with Crippen molar-refractivity contribution in [1.82, 2.24) is 9.80 Å². The molecular formula is C27H31N4OS+. The van der Waals surface area contributed by atoms with Gasteiger partial charge in [-0.25, -0.2) is 0 Å². The van der Waals surface area contributed by atoms with Crippen molar-refractivity contribution in [1.29, 1.82) is 5.41 Å². The van der Waals surface area contributed by atoms with E-state index < -0.39 is 0 Å². The van der Waals surface area contributed by atoms with Crippen molar-refractivity contribution in [2.45, 2.75) is 32.4 Å². The minimum atomic E-state index is -0.0722. The molecule has 0 radical (unpaired) electrons. The SMILES string of the molecule is Cc1ccccc1[NH2+]/C=C\C(=N)N(C(=O)c1cccs1)C1CCN(Cc2ccccc2)CC1. The van der Waals surface area contributed by atoms with E-state index in [1.54, 1.807) is 11.0 Å². The number of aryl methyl sites for hydroxylation is 1. The van der Waals surface area contributed by atoms with Crippen LogP contribution in [0.4, 0.5) is 5.69 Å². The number of nitrogens with zero attached hydrogens (tertiary/aromatic N) is 2. The van der Waals surface area contributed by atoms with Crippen LogP contribution in [-0.4, -0.2) is 40.7 Å².